The monoisotopic (exact) mass is 280 g/mol. The first-order chi connectivity index (χ1) is 8.80. The second kappa shape index (κ2) is 5.81. The summed E-state index contributed by atoms with van der Waals surface area (Å²) < 4.78 is 42.3. The molecule has 9 heteroatoms. The molecule has 19 heavy (non-hydrogen) atoms. The van der Waals surface area contributed by atoms with Crippen LogP contribution in [0.1, 0.15) is 23.7 Å². The maximum absolute atomic E-state index is 12.2. The summed E-state index contributed by atoms with van der Waals surface area (Å²) in [5.41, 5.74) is 5.50. The summed E-state index contributed by atoms with van der Waals surface area (Å²) in [6.45, 7) is 0.935. The Balaban J connectivity index is 3.06. The number of hydrogen-bond donors (Lipinski definition) is 2. The maximum atomic E-state index is 12.2. The number of aromatic nitrogens is 2. The van der Waals surface area contributed by atoms with Gasteiger partial charge < -0.3 is 15.8 Å². The van der Waals surface area contributed by atoms with Crippen molar-refractivity contribution in [1.82, 2.24) is 9.78 Å². The van der Waals surface area contributed by atoms with E-state index in [-0.39, 0.29) is 17.2 Å². The van der Waals surface area contributed by atoms with Crippen molar-refractivity contribution >= 4 is 17.6 Å². The van der Waals surface area contributed by atoms with E-state index in [9.17, 15) is 18.0 Å². The third-order valence-electron chi connectivity index (χ3n) is 2.27. The van der Waals surface area contributed by atoms with Crippen molar-refractivity contribution in [2.24, 2.45) is 0 Å². The Morgan fingerprint density at radius 2 is 2.16 bits per heavy atom. The molecular weight excluding hydrogens is 265 g/mol. The summed E-state index contributed by atoms with van der Waals surface area (Å²) in [7, 11) is 1.12. The van der Waals surface area contributed by atoms with Gasteiger partial charge in [-0.1, -0.05) is 6.92 Å². The molecule has 0 amide bonds. The van der Waals surface area contributed by atoms with E-state index in [0.29, 0.717) is 13.0 Å². The van der Waals surface area contributed by atoms with E-state index >= 15 is 0 Å². The number of carbonyl (C=O) groups excluding carboxylic acids is 1. The van der Waals surface area contributed by atoms with Gasteiger partial charge in [-0.3, -0.25) is 0 Å². The molecule has 0 aliphatic carbocycles. The zero-order valence-electron chi connectivity index (χ0n) is 10.5. The second-order valence-electron chi connectivity index (χ2n) is 3.79. The van der Waals surface area contributed by atoms with Gasteiger partial charge in [-0.15, -0.1) is 0 Å². The quantitative estimate of drug-likeness (QED) is 0.801. The van der Waals surface area contributed by atoms with Gasteiger partial charge in [0.15, 0.2) is 5.82 Å². The van der Waals surface area contributed by atoms with Crippen LogP contribution in [0.15, 0.2) is 0 Å². The van der Waals surface area contributed by atoms with Gasteiger partial charge >= 0.3 is 12.1 Å². The average molecular weight is 280 g/mol. The van der Waals surface area contributed by atoms with Gasteiger partial charge in [0.25, 0.3) is 0 Å². The van der Waals surface area contributed by atoms with Gasteiger partial charge in [-0.25, -0.2) is 9.48 Å². The second-order valence-corrected chi connectivity index (χ2v) is 3.79. The molecule has 0 fully saturated rings. The smallest absolute Gasteiger partial charge is 0.405 e. The van der Waals surface area contributed by atoms with Crippen molar-refractivity contribution in [1.29, 1.82) is 0 Å². The summed E-state index contributed by atoms with van der Waals surface area (Å²) in [6.07, 6.45) is -3.75. The number of nitrogens with two attached hydrogens (primary N) is 1. The molecule has 0 aliphatic rings. The number of methoxy groups -OCH3 is 1. The Morgan fingerprint density at radius 3 is 2.63 bits per heavy atom. The van der Waals surface area contributed by atoms with E-state index in [1.54, 1.807) is 0 Å². The molecule has 1 aromatic rings. The highest BCUT2D eigenvalue weighted by Gasteiger charge is 2.30. The number of halogens is 3. The van der Waals surface area contributed by atoms with E-state index in [0.717, 1.165) is 7.11 Å². The fourth-order valence-electron chi connectivity index (χ4n) is 1.47. The number of rotatable bonds is 5. The first kappa shape index (κ1) is 15.1. The minimum atomic E-state index is -4.42. The van der Waals surface area contributed by atoms with Crippen LogP contribution in [-0.4, -0.2) is 35.6 Å². The maximum Gasteiger partial charge on any atom is 0.405 e. The molecule has 0 saturated carbocycles. The van der Waals surface area contributed by atoms with Crippen LogP contribution in [0.25, 0.3) is 0 Å². The number of hydrogen-bond acceptors (Lipinski definition) is 5. The minimum Gasteiger partial charge on any atom is -0.465 e. The number of esters is 1. The Morgan fingerprint density at radius 1 is 1.53 bits per heavy atom. The number of alkyl halides is 3. The number of aryl methyl sites for hydroxylation is 1. The first-order valence-corrected chi connectivity index (χ1v) is 5.55. The lowest BCUT2D eigenvalue weighted by molar-refractivity contribution is -0.115. The van der Waals surface area contributed by atoms with Gasteiger partial charge in [0.1, 0.15) is 17.9 Å². The van der Waals surface area contributed by atoms with Gasteiger partial charge in [0.05, 0.1) is 7.11 Å². The van der Waals surface area contributed by atoms with Gasteiger partial charge in [0.2, 0.25) is 0 Å². The van der Waals surface area contributed by atoms with E-state index in [1.807, 2.05) is 6.92 Å². The average Bonchev–Trinajstić information content (AvgIpc) is 2.63. The number of nitrogens with zero attached hydrogens (tertiary/aromatic N) is 2. The summed E-state index contributed by atoms with van der Waals surface area (Å²) >= 11 is 0. The molecule has 6 nitrogen and oxygen atoms in total. The molecule has 1 rings (SSSR count). The van der Waals surface area contributed by atoms with E-state index < -0.39 is 18.7 Å². The Hall–Kier alpha value is -1.93. The molecule has 0 aromatic carbocycles. The lowest BCUT2D eigenvalue weighted by Crippen LogP contribution is -2.22. The molecule has 0 spiro atoms. The fourth-order valence-corrected chi connectivity index (χ4v) is 1.47. The third-order valence-corrected chi connectivity index (χ3v) is 2.27. The summed E-state index contributed by atoms with van der Waals surface area (Å²) in [5, 5.41) is 5.90. The van der Waals surface area contributed by atoms with Crippen LogP contribution in [0.5, 0.6) is 0 Å². The number of ether oxygens (including phenoxy) is 1. The van der Waals surface area contributed by atoms with Crippen molar-refractivity contribution in [3.63, 3.8) is 0 Å². The fraction of sp³-hybridized carbons (Fsp3) is 0.600. The topological polar surface area (TPSA) is 82.2 Å². The van der Waals surface area contributed by atoms with Crippen LogP contribution in [-0.2, 0) is 11.3 Å². The van der Waals surface area contributed by atoms with Crippen LogP contribution in [0.2, 0.25) is 0 Å². The van der Waals surface area contributed by atoms with Crippen molar-refractivity contribution in [2.45, 2.75) is 26.1 Å². The van der Waals surface area contributed by atoms with Crippen molar-refractivity contribution in [2.75, 3.05) is 24.7 Å². The van der Waals surface area contributed by atoms with E-state index in [1.165, 1.54) is 4.68 Å². The van der Waals surface area contributed by atoms with Crippen molar-refractivity contribution < 1.29 is 22.7 Å². The predicted molar refractivity (Wildman–Crippen MR) is 62.8 cm³/mol. The zero-order valence-corrected chi connectivity index (χ0v) is 10.5. The van der Waals surface area contributed by atoms with Gasteiger partial charge in [0, 0.05) is 6.54 Å². The predicted octanol–water partition coefficient (Wildman–Crippen LogP) is 1.64. The van der Waals surface area contributed by atoms with E-state index in [4.69, 9.17) is 5.73 Å². The minimum absolute atomic E-state index is 0.0154. The highest BCUT2D eigenvalue weighted by atomic mass is 19.4. The molecule has 0 atom stereocenters. The molecule has 3 N–H and O–H groups in total. The van der Waals surface area contributed by atoms with Crippen molar-refractivity contribution in [3.8, 4) is 0 Å². The largest absolute Gasteiger partial charge is 0.465 e. The lowest BCUT2D eigenvalue weighted by Gasteiger charge is -2.08. The summed E-state index contributed by atoms with van der Waals surface area (Å²) in [6, 6.07) is 0. The molecular formula is C10H15F3N4O2. The number of nitrogen functional groups attached to an aromatic ring is 1. The molecule has 0 radical (unpaired) electrons. The van der Waals surface area contributed by atoms with Crippen LogP contribution in [0.4, 0.5) is 24.8 Å². The Bertz CT molecular complexity index is 456. The number of anilines is 2. The van der Waals surface area contributed by atoms with Crippen LogP contribution in [0, 0.1) is 0 Å². The standard InChI is InChI=1S/C10H15F3N4O2/c1-3-4-17-7(14)6(9(18)19-2)8(16-17)15-5-10(11,12)13/h3-5,14H2,1-2H3,(H,15,16). The normalized spacial score (nSPS) is 11.4. The highest BCUT2D eigenvalue weighted by molar-refractivity contribution is 5.99. The van der Waals surface area contributed by atoms with Gasteiger partial charge in [-0.2, -0.15) is 18.3 Å². The zero-order chi connectivity index (χ0) is 14.6. The molecule has 108 valence electrons. The number of nitrogens with one attached hydrogen (secondary N) is 1. The van der Waals surface area contributed by atoms with Crippen LogP contribution < -0.4 is 11.1 Å². The molecule has 0 unspecified atom stereocenters. The summed E-state index contributed by atoms with van der Waals surface area (Å²) in [4.78, 5) is 11.5. The van der Waals surface area contributed by atoms with Crippen LogP contribution in [0.3, 0.4) is 0 Å². The van der Waals surface area contributed by atoms with Crippen molar-refractivity contribution in [3.05, 3.63) is 5.56 Å². The third kappa shape index (κ3) is 3.76. The SMILES string of the molecule is CCCn1nc(NCC(F)(F)F)c(C(=O)OC)c1N. The Kier molecular flexibility index (Phi) is 4.62. The molecule has 1 aromatic heterocycles. The molecule has 0 saturated heterocycles. The van der Waals surface area contributed by atoms with Gasteiger partial charge in [-0.05, 0) is 6.42 Å². The molecule has 1 heterocycles. The molecule has 0 aliphatic heterocycles. The molecule has 0 bridgehead atoms. The summed E-state index contributed by atoms with van der Waals surface area (Å²) in [5.74, 6) is -1.07. The van der Waals surface area contributed by atoms with Crippen LogP contribution >= 0.6 is 0 Å². The highest BCUT2D eigenvalue weighted by Crippen LogP contribution is 2.24. The lowest BCUT2D eigenvalue weighted by atomic mass is 10.3. The Labute approximate surface area is 107 Å². The first-order valence-electron chi connectivity index (χ1n) is 5.55. The number of carbonyl (C=O) groups is 1. The van der Waals surface area contributed by atoms with E-state index in [2.05, 4.69) is 15.2 Å².